The fourth-order valence-electron chi connectivity index (χ4n) is 1.65. The van der Waals surface area contributed by atoms with Gasteiger partial charge in [-0.2, -0.15) is 0 Å². The smallest absolute Gasteiger partial charge is 0.326 e. The topological polar surface area (TPSA) is 66.4 Å². The van der Waals surface area contributed by atoms with E-state index in [4.69, 9.17) is 5.11 Å². The van der Waals surface area contributed by atoms with Gasteiger partial charge in [-0.05, 0) is 0 Å². The number of carboxylic acids is 1. The number of piperidine rings is 1. The number of nitrogens with one attached hydrogen (secondary N) is 1. The van der Waals surface area contributed by atoms with Crippen LogP contribution < -0.4 is 5.32 Å². The van der Waals surface area contributed by atoms with E-state index in [2.05, 4.69) is 0 Å². The molecule has 1 heterocycles. The lowest BCUT2D eigenvalue weighted by molar-refractivity contribution is -0.142. The van der Waals surface area contributed by atoms with Crippen LogP contribution in [0.1, 0.15) is 0 Å². The van der Waals surface area contributed by atoms with Crippen molar-refractivity contribution in [1.29, 1.82) is 0 Å². The van der Waals surface area contributed by atoms with E-state index >= 15 is 0 Å². The van der Waals surface area contributed by atoms with Crippen LogP contribution in [0.15, 0.2) is 0 Å². The van der Waals surface area contributed by atoms with Crippen molar-refractivity contribution in [2.45, 2.75) is 12.0 Å². The van der Waals surface area contributed by atoms with Crippen LogP contribution >= 0.6 is 0 Å². The van der Waals surface area contributed by atoms with E-state index in [1.54, 1.807) is 0 Å². The highest BCUT2D eigenvalue weighted by Crippen LogP contribution is 2.60. The number of alkyl halides is 2. The first-order valence-electron chi connectivity index (χ1n) is 3.37. The first kappa shape index (κ1) is 7.45. The van der Waals surface area contributed by atoms with Crippen LogP contribution in [0.5, 0.6) is 0 Å². The average molecular weight is 177 g/mol. The Bertz CT molecular complexity index is 278. The number of carbonyl (C=O) groups excluding carboxylic acids is 1. The predicted molar refractivity (Wildman–Crippen MR) is 31.5 cm³/mol. The summed E-state index contributed by atoms with van der Waals surface area (Å²) in [6, 6.07) is -1.41. The van der Waals surface area contributed by atoms with E-state index in [9.17, 15) is 18.4 Å². The maximum atomic E-state index is 12.6. The van der Waals surface area contributed by atoms with Crippen molar-refractivity contribution in [2.75, 3.05) is 0 Å². The minimum absolute atomic E-state index is 0.850. The molecule has 2 aliphatic rings. The molecule has 2 N–H and O–H groups in total. The van der Waals surface area contributed by atoms with Gasteiger partial charge < -0.3 is 10.4 Å². The molecule has 1 saturated heterocycles. The van der Waals surface area contributed by atoms with E-state index in [1.165, 1.54) is 0 Å². The first-order valence-corrected chi connectivity index (χ1v) is 3.37. The Kier molecular flexibility index (Phi) is 1.09. The molecule has 0 aromatic carbocycles. The second kappa shape index (κ2) is 1.75. The zero-order chi connectivity index (χ0) is 9.09. The number of fused-ring (bicyclic) bond motifs is 1. The van der Waals surface area contributed by atoms with E-state index < -0.39 is 35.7 Å². The normalized spacial score (nSPS) is 41.8. The Morgan fingerprint density at radius 2 is 2.17 bits per heavy atom. The Hall–Kier alpha value is -1.20. The van der Waals surface area contributed by atoms with Crippen LogP contribution in [0.3, 0.4) is 0 Å². The van der Waals surface area contributed by atoms with Gasteiger partial charge in [0.15, 0.2) is 0 Å². The Labute approximate surface area is 65.6 Å². The van der Waals surface area contributed by atoms with Crippen molar-refractivity contribution in [3.8, 4) is 0 Å². The van der Waals surface area contributed by atoms with Gasteiger partial charge in [0.1, 0.15) is 12.0 Å². The summed E-state index contributed by atoms with van der Waals surface area (Å²) in [5, 5.41) is 10.4. The van der Waals surface area contributed by atoms with Gasteiger partial charge in [-0.25, -0.2) is 13.6 Å². The monoisotopic (exact) mass is 177 g/mol. The molecule has 1 aliphatic carbocycles. The summed E-state index contributed by atoms with van der Waals surface area (Å²) >= 11 is 0. The second-order valence-electron chi connectivity index (χ2n) is 3.00. The fourth-order valence-corrected chi connectivity index (χ4v) is 1.65. The third-order valence-electron chi connectivity index (χ3n) is 2.31. The summed E-state index contributed by atoms with van der Waals surface area (Å²) in [4.78, 5) is 21.0. The van der Waals surface area contributed by atoms with Crippen LogP contribution in [0.2, 0.25) is 0 Å². The van der Waals surface area contributed by atoms with Gasteiger partial charge >= 0.3 is 5.97 Å². The number of hydrogen-bond donors (Lipinski definition) is 2. The molecule has 0 radical (unpaired) electrons. The van der Waals surface area contributed by atoms with Crippen LogP contribution in [-0.2, 0) is 9.59 Å². The molecule has 3 atom stereocenters. The molecule has 1 saturated carbocycles. The van der Waals surface area contributed by atoms with Gasteiger partial charge in [-0.15, -0.1) is 0 Å². The largest absolute Gasteiger partial charge is 0.480 e. The number of carboxylic acid groups (broad SMARTS) is 1. The third kappa shape index (κ3) is 0.645. The molecular weight excluding hydrogens is 172 g/mol. The van der Waals surface area contributed by atoms with Crippen LogP contribution in [0.25, 0.3) is 0 Å². The molecule has 0 aromatic heterocycles. The lowest BCUT2D eigenvalue weighted by atomic mass is 10.2. The number of halogens is 2. The maximum absolute atomic E-state index is 12.6. The molecule has 6 heteroatoms. The molecule has 1 amide bonds. The molecule has 0 spiro atoms. The highest BCUT2D eigenvalue weighted by Gasteiger charge is 2.79. The van der Waals surface area contributed by atoms with Gasteiger partial charge in [0.2, 0.25) is 5.91 Å². The van der Waals surface area contributed by atoms with Crippen molar-refractivity contribution in [3.05, 3.63) is 0 Å². The van der Waals surface area contributed by atoms with Crippen LogP contribution in [-0.4, -0.2) is 28.9 Å². The first-order chi connectivity index (χ1) is 5.46. The molecule has 2 rings (SSSR count). The molecule has 4 nitrogen and oxygen atoms in total. The number of amides is 1. The number of aliphatic carboxylic acids is 1. The maximum Gasteiger partial charge on any atom is 0.326 e. The number of carbonyl (C=O) groups is 2. The van der Waals surface area contributed by atoms with Gasteiger partial charge in [-0.3, -0.25) is 4.79 Å². The van der Waals surface area contributed by atoms with Gasteiger partial charge in [-0.1, -0.05) is 0 Å². The summed E-state index contributed by atoms with van der Waals surface area (Å²) in [6.45, 7) is 0. The molecule has 12 heavy (non-hydrogen) atoms. The Balaban J connectivity index is 2.25. The summed E-state index contributed by atoms with van der Waals surface area (Å²) in [5.74, 6) is -8.09. The SMILES string of the molecule is O=C(O)[C@H]1NC(=O)[C@@H]2[C@H]1C2(F)F. The van der Waals surface area contributed by atoms with Crippen LogP contribution in [0.4, 0.5) is 8.78 Å². The average Bonchev–Trinajstić information content (AvgIpc) is 2.37. The van der Waals surface area contributed by atoms with Crippen molar-refractivity contribution in [2.24, 2.45) is 11.8 Å². The molecular formula is C6H5F2NO3. The van der Waals surface area contributed by atoms with Crippen molar-refractivity contribution in [1.82, 2.24) is 5.32 Å². The van der Waals surface area contributed by atoms with E-state index in [0.29, 0.717) is 0 Å². The molecule has 2 fully saturated rings. The van der Waals surface area contributed by atoms with E-state index in [1.807, 2.05) is 5.32 Å². The lowest BCUT2D eigenvalue weighted by Gasteiger charge is -2.09. The van der Waals surface area contributed by atoms with Gasteiger partial charge in [0.05, 0.1) is 5.92 Å². The Morgan fingerprint density at radius 3 is 2.42 bits per heavy atom. The fraction of sp³-hybridized carbons (Fsp3) is 0.667. The Morgan fingerprint density at radius 1 is 1.58 bits per heavy atom. The lowest BCUT2D eigenvalue weighted by Crippen LogP contribution is -2.40. The van der Waals surface area contributed by atoms with Crippen LogP contribution in [0, 0.1) is 11.8 Å². The quantitative estimate of drug-likeness (QED) is 0.564. The number of hydrogen-bond acceptors (Lipinski definition) is 2. The zero-order valence-electron chi connectivity index (χ0n) is 5.75. The summed E-state index contributed by atoms with van der Waals surface area (Å²) in [7, 11) is 0. The zero-order valence-corrected chi connectivity index (χ0v) is 5.75. The van der Waals surface area contributed by atoms with E-state index in [0.717, 1.165) is 0 Å². The summed E-state index contributed by atoms with van der Waals surface area (Å²) in [6.07, 6.45) is 0. The predicted octanol–water partition coefficient (Wildman–Crippen LogP) is -0.549. The third-order valence-corrected chi connectivity index (χ3v) is 2.31. The van der Waals surface area contributed by atoms with Gasteiger partial charge in [0, 0.05) is 0 Å². The highest BCUT2D eigenvalue weighted by molar-refractivity contribution is 5.94. The molecule has 1 aliphatic heterocycles. The summed E-state index contributed by atoms with van der Waals surface area (Å²) in [5.41, 5.74) is 0. The summed E-state index contributed by atoms with van der Waals surface area (Å²) < 4.78 is 25.2. The van der Waals surface area contributed by atoms with Crippen molar-refractivity contribution in [3.63, 3.8) is 0 Å². The van der Waals surface area contributed by atoms with E-state index in [-0.39, 0.29) is 0 Å². The number of rotatable bonds is 1. The standard InChI is InChI=1S/C6H5F2NO3/c7-6(8)1-2(6)4(10)9-3(1)5(11)12/h1-3H,(H,9,10)(H,11,12)/t1-,2+,3+/m1/s1. The molecule has 66 valence electrons. The van der Waals surface area contributed by atoms with Crippen molar-refractivity contribution >= 4 is 11.9 Å². The molecule has 0 aromatic rings. The van der Waals surface area contributed by atoms with Crippen molar-refractivity contribution < 1.29 is 23.5 Å². The minimum Gasteiger partial charge on any atom is -0.480 e. The molecule has 0 bridgehead atoms. The minimum atomic E-state index is -3.11. The second-order valence-corrected chi connectivity index (χ2v) is 3.00. The van der Waals surface area contributed by atoms with Gasteiger partial charge in [0.25, 0.3) is 5.92 Å². The molecule has 0 unspecified atom stereocenters. The highest BCUT2D eigenvalue weighted by atomic mass is 19.3.